The van der Waals surface area contributed by atoms with Gasteiger partial charge >= 0.3 is 0 Å². The number of aliphatic imine (C=N–C) groups is 1. The predicted molar refractivity (Wildman–Crippen MR) is 81.5 cm³/mol. The predicted octanol–water partition coefficient (Wildman–Crippen LogP) is 3.88. The van der Waals surface area contributed by atoms with Crippen molar-refractivity contribution >= 4 is 40.1 Å². The van der Waals surface area contributed by atoms with Crippen LogP contribution in [-0.4, -0.2) is 21.3 Å². The van der Waals surface area contributed by atoms with E-state index in [1.165, 1.54) is 24.4 Å². The molecule has 7 heteroatoms. The number of nitro benzene ring substituents is 1. The van der Waals surface area contributed by atoms with E-state index in [2.05, 4.69) is 15.2 Å². The van der Waals surface area contributed by atoms with E-state index in [0.717, 1.165) is 10.9 Å². The Bertz CT molecular complexity index is 857. The lowest BCUT2D eigenvalue weighted by atomic mass is 10.2. The van der Waals surface area contributed by atoms with Gasteiger partial charge in [0.05, 0.1) is 22.3 Å². The standard InChI is InChI=1S/C14H9ClN4O2/c15-13-3-2-12(19(20)21)6-9(13)7-16-11-1-4-14-10(5-11)8-17-18-14/h1-8H,(H,17,18). The molecule has 0 unspecified atom stereocenters. The van der Waals surface area contributed by atoms with Gasteiger partial charge in [0.15, 0.2) is 0 Å². The summed E-state index contributed by atoms with van der Waals surface area (Å²) >= 11 is 6.02. The van der Waals surface area contributed by atoms with Crippen molar-refractivity contribution in [3.8, 4) is 0 Å². The summed E-state index contributed by atoms with van der Waals surface area (Å²) < 4.78 is 0. The zero-order chi connectivity index (χ0) is 14.8. The Morgan fingerprint density at radius 3 is 2.95 bits per heavy atom. The topological polar surface area (TPSA) is 84.2 Å². The van der Waals surface area contributed by atoms with Crippen molar-refractivity contribution in [2.75, 3.05) is 0 Å². The minimum atomic E-state index is -0.467. The maximum atomic E-state index is 10.8. The van der Waals surface area contributed by atoms with Crippen LogP contribution in [0.15, 0.2) is 47.6 Å². The smallest absolute Gasteiger partial charge is 0.270 e. The number of aromatic amines is 1. The van der Waals surface area contributed by atoms with Crippen molar-refractivity contribution in [2.45, 2.75) is 0 Å². The highest BCUT2D eigenvalue weighted by molar-refractivity contribution is 6.33. The van der Waals surface area contributed by atoms with Crippen molar-refractivity contribution in [1.29, 1.82) is 0 Å². The molecule has 3 rings (SSSR count). The molecule has 0 saturated heterocycles. The third kappa shape index (κ3) is 2.75. The van der Waals surface area contributed by atoms with Crippen molar-refractivity contribution < 1.29 is 4.92 Å². The summed E-state index contributed by atoms with van der Waals surface area (Å²) in [6.07, 6.45) is 3.21. The molecule has 3 aromatic rings. The second-order valence-corrected chi connectivity index (χ2v) is 4.77. The lowest BCUT2D eigenvalue weighted by molar-refractivity contribution is -0.384. The van der Waals surface area contributed by atoms with Crippen LogP contribution < -0.4 is 0 Å². The van der Waals surface area contributed by atoms with Gasteiger partial charge in [-0.05, 0) is 24.3 Å². The third-order valence-corrected chi connectivity index (χ3v) is 3.31. The summed E-state index contributed by atoms with van der Waals surface area (Å²) in [6, 6.07) is 9.78. The van der Waals surface area contributed by atoms with Crippen LogP contribution in [0, 0.1) is 10.1 Å². The number of H-pyrrole nitrogens is 1. The van der Waals surface area contributed by atoms with Gasteiger partial charge in [-0.25, -0.2) is 0 Å². The zero-order valence-corrected chi connectivity index (χ0v) is 11.4. The number of hydrogen-bond acceptors (Lipinski definition) is 4. The van der Waals surface area contributed by atoms with Gasteiger partial charge in [0.25, 0.3) is 5.69 Å². The van der Waals surface area contributed by atoms with Crippen LogP contribution in [0.25, 0.3) is 10.9 Å². The number of nitro groups is 1. The molecule has 0 aliphatic rings. The first-order valence-electron chi connectivity index (χ1n) is 6.04. The molecule has 6 nitrogen and oxygen atoms in total. The first kappa shape index (κ1) is 13.3. The Hall–Kier alpha value is -2.73. The van der Waals surface area contributed by atoms with Crippen LogP contribution in [0.3, 0.4) is 0 Å². The van der Waals surface area contributed by atoms with E-state index in [4.69, 9.17) is 11.6 Å². The summed E-state index contributed by atoms with van der Waals surface area (Å²) in [4.78, 5) is 14.6. The van der Waals surface area contributed by atoms with E-state index >= 15 is 0 Å². The fourth-order valence-corrected chi connectivity index (χ4v) is 2.06. The summed E-state index contributed by atoms with van der Waals surface area (Å²) in [5.41, 5.74) is 2.11. The number of rotatable bonds is 3. The number of halogens is 1. The molecule has 0 aliphatic carbocycles. The molecule has 0 fully saturated rings. The second kappa shape index (κ2) is 5.34. The molecule has 104 valence electrons. The maximum Gasteiger partial charge on any atom is 0.270 e. The Kier molecular flexibility index (Phi) is 3.37. The third-order valence-electron chi connectivity index (χ3n) is 2.97. The summed E-state index contributed by atoms with van der Waals surface area (Å²) in [5, 5.41) is 18.9. The normalized spacial score (nSPS) is 11.3. The van der Waals surface area contributed by atoms with E-state index in [-0.39, 0.29) is 5.69 Å². The number of aromatic nitrogens is 2. The molecule has 0 atom stereocenters. The monoisotopic (exact) mass is 300 g/mol. The lowest BCUT2D eigenvalue weighted by Crippen LogP contribution is -1.90. The molecule has 0 spiro atoms. The molecule has 1 N–H and O–H groups in total. The molecule has 1 aromatic heterocycles. The number of nitrogens with one attached hydrogen (secondary N) is 1. The average Bonchev–Trinajstić information content (AvgIpc) is 2.93. The highest BCUT2D eigenvalue weighted by atomic mass is 35.5. The highest BCUT2D eigenvalue weighted by Crippen LogP contribution is 2.23. The quantitative estimate of drug-likeness (QED) is 0.452. The van der Waals surface area contributed by atoms with Crippen LogP contribution in [0.2, 0.25) is 5.02 Å². The van der Waals surface area contributed by atoms with Gasteiger partial charge in [-0.3, -0.25) is 20.2 Å². The van der Waals surface area contributed by atoms with Crippen molar-refractivity contribution in [3.05, 3.63) is 63.3 Å². The average molecular weight is 301 g/mol. The van der Waals surface area contributed by atoms with Crippen LogP contribution in [0.5, 0.6) is 0 Å². The van der Waals surface area contributed by atoms with E-state index in [1.54, 1.807) is 6.20 Å². The zero-order valence-electron chi connectivity index (χ0n) is 10.7. The molecule has 0 aliphatic heterocycles. The number of hydrogen-bond donors (Lipinski definition) is 1. The van der Waals surface area contributed by atoms with Gasteiger partial charge in [-0.2, -0.15) is 5.10 Å². The minimum Gasteiger partial charge on any atom is -0.278 e. The summed E-state index contributed by atoms with van der Waals surface area (Å²) in [7, 11) is 0. The number of non-ortho nitro benzene ring substituents is 1. The van der Waals surface area contributed by atoms with E-state index < -0.39 is 4.92 Å². The first-order chi connectivity index (χ1) is 10.1. The molecular formula is C14H9ClN4O2. The molecule has 2 aromatic carbocycles. The molecular weight excluding hydrogens is 292 g/mol. The number of fused-ring (bicyclic) bond motifs is 1. The van der Waals surface area contributed by atoms with Gasteiger partial charge in [0.2, 0.25) is 0 Å². The number of benzene rings is 2. The maximum absolute atomic E-state index is 10.8. The SMILES string of the molecule is O=[N+]([O-])c1ccc(Cl)c(C=Nc2ccc3[nH]ncc3c2)c1. The van der Waals surface area contributed by atoms with Gasteiger partial charge in [-0.15, -0.1) is 0 Å². The first-order valence-corrected chi connectivity index (χ1v) is 6.42. The Labute approximate surface area is 124 Å². The van der Waals surface area contributed by atoms with E-state index in [9.17, 15) is 10.1 Å². The highest BCUT2D eigenvalue weighted by Gasteiger charge is 2.08. The molecule has 0 amide bonds. The Morgan fingerprint density at radius 1 is 1.29 bits per heavy atom. The molecule has 0 saturated carbocycles. The minimum absolute atomic E-state index is 0.0221. The Balaban J connectivity index is 1.94. The summed E-state index contributed by atoms with van der Waals surface area (Å²) in [5.74, 6) is 0. The van der Waals surface area contributed by atoms with Gasteiger partial charge in [0, 0.05) is 34.3 Å². The Morgan fingerprint density at radius 2 is 2.14 bits per heavy atom. The fraction of sp³-hybridized carbons (Fsp3) is 0. The summed E-state index contributed by atoms with van der Waals surface area (Å²) in [6.45, 7) is 0. The largest absolute Gasteiger partial charge is 0.278 e. The van der Waals surface area contributed by atoms with Crippen LogP contribution in [0.1, 0.15) is 5.56 Å². The van der Waals surface area contributed by atoms with Crippen LogP contribution in [-0.2, 0) is 0 Å². The van der Waals surface area contributed by atoms with E-state index in [0.29, 0.717) is 16.3 Å². The second-order valence-electron chi connectivity index (χ2n) is 4.36. The number of nitrogens with zero attached hydrogens (tertiary/aromatic N) is 3. The lowest BCUT2D eigenvalue weighted by Gasteiger charge is -1.98. The van der Waals surface area contributed by atoms with Gasteiger partial charge < -0.3 is 0 Å². The fourth-order valence-electron chi connectivity index (χ4n) is 1.90. The van der Waals surface area contributed by atoms with E-state index in [1.807, 2.05) is 18.2 Å². The van der Waals surface area contributed by atoms with Crippen molar-refractivity contribution in [1.82, 2.24) is 10.2 Å². The van der Waals surface area contributed by atoms with Crippen LogP contribution >= 0.6 is 11.6 Å². The van der Waals surface area contributed by atoms with Gasteiger partial charge in [-0.1, -0.05) is 11.6 Å². The molecule has 0 radical (unpaired) electrons. The van der Waals surface area contributed by atoms with Gasteiger partial charge in [0.1, 0.15) is 0 Å². The molecule has 0 bridgehead atoms. The van der Waals surface area contributed by atoms with Crippen molar-refractivity contribution in [3.63, 3.8) is 0 Å². The van der Waals surface area contributed by atoms with Crippen LogP contribution in [0.4, 0.5) is 11.4 Å². The molecule has 21 heavy (non-hydrogen) atoms. The molecule has 1 heterocycles. The van der Waals surface area contributed by atoms with Crippen molar-refractivity contribution in [2.24, 2.45) is 4.99 Å².